The number of carboxylic acid groups (broad SMARTS) is 1. The summed E-state index contributed by atoms with van der Waals surface area (Å²) in [4.78, 5) is 21.0. The summed E-state index contributed by atoms with van der Waals surface area (Å²) in [6, 6.07) is 0. The summed E-state index contributed by atoms with van der Waals surface area (Å²) in [6.45, 7) is 2.09. The number of aliphatic carboxylic acids is 1. The molecule has 0 amide bonds. The van der Waals surface area contributed by atoms with E-state index in [0.29, 0.717) is 18.6 Å². The maximum Gasteiger partial charge on any atom is 0.333 e. The van der Waals surface area contributed by atoms with Crippen molar-refractivity contribution in [3.05, 3.63) is 12.2 Å². The highest BCUT2D eigenvalue weighted by Gasteiger charge is 2.10. The molecule has 0 spiro atoms. The van der Waals surface area contributed by atoms with Crippen LogP contribution in [-0.2, 0) is 14.3 Å². The van der Waals surface area contributed by atoms with Gasteiger partial charge in [0.1, 0.15) is 0 Å². The number of carbonyl (C=O) groups is 2. The molecule has 0 rings (SSSR count). The first kappa shape index (κ1) is 15.6. The number of alkyl halides is 1. The smallest absolute Gasteiger partial charge is 0.333 e. The molecule has 0 bridgehead atoms. The Balaban J connectivity index is 3.60. The van der Waals surface area contributed by atoms with E-state index in [4.69, 9.17) is 5.11 Å². The van der Waals surface area contributed by atoms with Gasteiger partial charge < -0.3 is 9.84 Å². The lowest BCUT2D eigenvalue weighted by molar-refractivity contribution is -0.152. The average Bonchev–Trinajstić information content (AvgIpc) is 2.26. The Morgan fingerprint density at radius 1 is 1.24 bits per heavy atom. The SMILES string of the molecule is CCCCCCCC(F)OC(=O)C=CC(=O)O. The van der Waals surface area contributed by atoms with Crippen LogP contribution >= 0.6 is 0 Å². The third-order valence-corrected chi connectivity index (χ3v) is 2.14. The fourth-order valence-electron chi connectivity index (χ4n) is 1.27. The van der Waals surface area contributed by atoms with Gasteiger partial charge in [-0.3, -0.25) is 0 Å². The second-order valence-corrected chi connectivity index (χ2v) is 3.72. The quantitative estimate of drug-likeness (QED) is 0.386. The van der Waals surface area contributed by atoms with Crippen LogP contribution in [0, 0.1) is 0 Å². The number of hydrogen-bond acceptors (Lipinski definition) is 3. The lowest BCUT2D eigenvalue weighted by Gasteiger charge is -2.07. The molecule has 0 saturated carbocycles. The Bertz CT molecular complexity index is 263. The lowest BCUT2D eigenvalue weighted by Crippen LogP contribution is -2.11. The Morgan fingerprint density at radius 3 is 2.47 bits per heavy atom. The van der Waals surface area contributed by atoms with Gasteiger partial charge in [-0.1, -0.05) is 32.6 Å². The molecule has 1 atom stereocenters. The maximum atomic E-state index is 13.1. The van der Waals surface area contributed by atoms with Gasteiger partial charge in [0.15, 0.2) is 0 Å². The first-order chi connectivity index (χ1) is 8.06. The highest BCUT2D eigenvalue weighted by atomic mass is 19.1. The monoisotopic (exact) mass is 246 g/mol. The van der Waals surface area contributed by atoms with Crippen LogP contribution in [-0.4, -0.2) is 23.4 Å². The van der Waals surface area contributed by atoms with Crippen molar-refractivity contribution in [1.82, 2.24) is 0 Å². The number of esters is 1. The van der Waals surface area contributed by atoms with E-state index in [9.17, 15) is 14.0 Å². The van der Waals surface area contributed by atoms with Crippen LogP contribution in [0.2, 0.25) is 0 Å². The third kappa shape index (κ3) is 10.9. The van der Waals surface area contributed by atoms with E-state index in [-0.39, 0.29) is 6.42 Å². The van der Waals surface area contributed by atoms with Crippen molar-refractivity contribution in [2.45, 2.75) is 51.8 Å². The molecule has 0 saturated heterocycles. The number of rotatable bonds is 9. The van der Waals surface area contributed by atoms with Crippen LogP contribution in [0.15, 0.2) is 12.2 Å². The molecule has 0 aliphatic rings. The molecular weight excluding hydrogens is 227 g/mol. The summed E-state index contributed by atoms with van der Waals surface area (Å²) < 4.78 is 17.4. The summed E-state index contributed by atoms with van der Waals surface area (Å²) in [5.41, 5.74) is 0. The molecule has 0 heterocycles. The predicted octanol–water partition coefficient (Wildman–Crippen LogP) is 2.83. The van der Waals surface area contributed by atoms with Gasteiger partial charge in [-0.2, -0.15) is 0 Å². The number of carboxylic acids is 1. The molecule has 5 heteroatoms. The van der Waals surface area contributed by atoms with Crippen molar-refractivity contribution in [3.63, 3.8) is 0 Å². The van der Waals surface area contributed by atoms with Crippen molar-refractivity contribution in [3.8, 4) is 0 Å². The van der Waals surface area contributed by atoms with Crippen molar-refractivity contribution in [1.29, 1.82) is 0 Å². The van der Waals surface area contributed by atoms with Gasteiger partial charge in [-0.15, -0.1) is 0 Å². The third-order valence-electron chi connectivity index (χ3n) is 2.14. The standard InChI is InChI=1S/C12H19FO4/c1-2-3-4-5-6-7-10(13)17-12(16)9-8-11(14)15/h8-10H,2-7H2,1H3,(H,14,15). The van der Waals surface area contributed by atoms with Gasteiger partial charge in [0.2, 0.25) is 6.36 Å². The van der Waals surface area contributed by atoms with Crippen molar-refractivity contribution in [2.75, 3.05) is 0 Å². The highest BCUT2D eigenvalue weighted by Crippen LogP contribution is 2.10. The van der Waals surface area contributed by atoms with E-state index in [0.717, 1.165) is 25.7 Å². The molecule has 0 aromatic rings. The largest absolute Gasteiger partial charge is 0.478 e. The summed E-state index contributed by atoms with van der Waals surface area (Å²) in [7, 11) is 0. The van der Waals surface area contributed by atoms with Crippen LogP contribution in [0.25, 0.3) is 0 Å². The zero-order valence-corrected chi connectivity index (χ0v) is 10.0. The number of unbranched alkanes of at least 4 members (excludes halogenated alkanes) is 4. The van der Waals surface area contributed by atoms with E-state index >= 15 is 0 Å². The molecule has 0 aromatic carbocycles. The molecule has 4 nitrogen and oxygen atoms in total. The molecule has 0 fully saturated rings. The van der Waals surface area contributed by atoms with Crippen LogP contribution in [0.1, 0.15) is 45.4 Å². The Labute approximate surface area is 100 Å². The number of carbonyl (C=O) groups excluding carboxylic acids is 1. The van der Waals surface area contributed by atoms with Gasteiger partial charge in [0.05, 0.1) is 0 Å². The minimum absolute atomic E-state index is 0.163. The lowest BCUT2D eigenvalue weighted by atomic mass is 10.1. The van der Waals surface area contributed by atoms with Crippen LogP contribution < -0.4 is 0 Å². The maximum absolute atomic E-state index is 13.1. The van der Waals surface area contributed by atoms with E-state index in [1.54, 1.807) is 0 Å². The minimum Gasteiger partial charge on any atom is -0.478 e. The Morgan fingerprint density at radius 2 is 1.88 bits per heavy atom. The van der Waals surface area contributed by atoms with Gasteiger partial charge in [-0.05, 0) is 6.42 Å². The number of ether oxygens (including phenoxy) is 1. The molecule has 0 aromatic heterocycles. The first-order valence-electron chi connectivity index (χ1n) is 5.82. The minimum atomic E-state index is -1.65. The normalized spacial score (nSPS) is 12.6. The molecule has 17 heavy (non-hydrogen) atoms. The van der Waals surface area contributed by atoms with Crippen molar-refractivity contribution in [2.24, 2.45) is 0 Å². The van der Waals surface area contributed by atoms with E-state index in [1.165, 1.54) is 0 Å². The molecule has 1 N–H and O–H groups in total. The van der Waals surface area contributed by atoms with Crippen molar-refractivity contribution < 1.29 is 23.8 Å². The average molecular weight is 246 g/mol. The zero-order valence-electron chi connectivity index (χ0n) is 10.0. The van der Waals surface area contributed by atoms with Gasteiger partial charge in [-0.25, -0.2) is 14.0 Å². The summed E-state index contributed by atoms with van der Waals surface area (Å²) in [5, 5.41) is 8.23. The summed E-state index contributed by atoms with van der Waals surface area (Å²) in [6.07, 6.45) is 4.71. The van der Waals surface area contributed by atoms with Crippen LogP contribution in [0.4, 0.5) is 4.39 Å². The Kier molecular flexibility index (Phi) is 9.01. The molecule has 98 valence electrons. The van der Waals surface area contributed by atoms with Gasteiger partial charge >= 0.3 is 11.9 Å². The fraction of sp³-hybridized carbons (Fsp3) is 0.667. The second-order valence-electron chi connectivity index (χ2n) is 3.72. The Hall–Kier alpha value is -1.39. The fourth-order valence-corrected chi connectivity index (χ4v) is 1.27. The molecule has 0 radical (unpaired) electrons. The summed E-state index contributed by atoms with van der Waals surface area (Å²) in [5.74, 6) is -2.23. The van der Waals surface area contributed by atoms with Crippen LogP contribution in [0.5, 0.6) is 0 Å². The molecule has 0 aliphatic heterocycles. The topological polar surface area (TPSA) is 63.6 Å². The first-order valence-corrected chi connectivity index (χ1v) is 5.82. The van der Waals surface area contributed by atoms with Crippen molar-refractivity contribution >= 4 is 11.9 Å². The number of halogens is 1. The van der Waals surface area contributed by atoms with E-state index in [2.05, 4.69) is 11.7 Å². The summed E-state index contributed by atoms with van der Waals surface area (Å²) >= 11 is 0. The molecule has 0 aliphatic carbocycles. The molecular formula is C12H19FO4. The van der Waals surface area contributed by atoms with Crippen LogP contribution in [0.3, 0.4) is 0 Å². The highest BCUT2D eigenvalue weighted by molar-refractivity contribution is 5.90. The number of hydrogen-bond donors (Lipinski definition) is 1. The van der Waals surface area contributed by atoms with E-state index in [1.807, 2.05) is 0 Å². The zero-order chi connectivity index (χ0) is 13.1. The molecule has 1 unspecified atom stereocenters. The second kappa shape index (κ2) is 9.81. The van der Waals surface area contributed by atoms with E-state index < -0.39 is 18.3 Å². The predicted molar refractivity (Wildman–Crippen MR) is 61.1 cm³/mol. The van der Waals surface area contributed by atoms with Gasteiger partial charge in [0, 0.05) is 18.6 Å². The van der Waals surface area contributed by atoms with Gasteiger partial charge in [0.25, 0.3) is 0 Å².